The van der Waals surface area contributed by atoms with E-state index in [1.165, 1.54) is 6.07 Å². The molecule has 0 fully saturated rings. The van der Waals surface area contributed by atoms with E-state index in [1.54, 1.807) is 10.6 Å². The molecule has 0 amide bonds. The standard InChI is InChI=1S/C8H11BrN2O/c1-6-7(9)2-3-8(12)11(6)5-4-10/h2-3H,4-5,10H2,1H3. The van der Waals surface area contributed by atoms with Crippen LogP contribution in [0.3, 0.4) is 0 Å². The molecule has 1 aromatic heterocycles. The summed E-state index contributed by atoms with van der Waals surface area (Å²) >= 11 is 3.35. The van der Waals surface area contributed by atoms with Gasteiger partial charge in [0.15, 0.2) is 0 Å². The molecule has 0 aliphatic carbocycles. The highest BCUT2D eigenvalue weighted by Gasteiger charge is 2.01. The second-order valence-electron chi connectivity index (χ2n) is 2.55. The Kier molecular flexibility index (Phi) is 3.05. The fraction of sp³-hybridized carbons (Fsp3) is 0.375. The lowest BCUT2D eigenvalue weighted by Gasteiger charge is -2.08. The zero-order valence-electron chi connectivity index (χ0n) is 6.88. The number of nitrogens with zero attached hydrogens (tertiary/aromatic N) is 1. The van der Waals surface area contributed by atoms with Crippen molar-refractivity contribution in [2.24, 2.45) is 5.73 Å². The Morgan fingerprint density at radius 2 is 2.25 bits per heavy atom. The Hall–Kier alpha value is -0.610. The first-order valence-corrected chi connectivity index (χ1v) is 4.52. The van der Waals surface area contributed by atoms with Crippen molar-refractivity contribution in [3.05, 3.63) is 32.7 Å². The van der Waals surface area contributed by atoms with E-state index in [0.717, 1.165) is 10.2 Å². The van der Waals surface area contributed by atoms with E-state index in [2.05, 4.69) is 15.9 Å². The molecule has 0 saturated carbocycles. The zero-order chi connectivity index (χ0) is 9.14. The first-order valence-electron chi connectivity index (χ1n) is 3.73. The maximum atomic E-state index is 11.3. The molecule has 0 atom stereocenters. The Labute approximate surface area is 79.3 Å². The highest BCUT2D eigenvalue weighted by atomic mass is 79.9. The molecule has 12 heavy (non-hydrogen) atoms. The molecule has 0 radical (unpaired) electrons. The van der Waals surface area contributed by atoms with Gasteiger partial charge in [0.05, 0.1) is 0 Å². The van der Waals surface area contributed by atoms with Gasteiger partial charge in [0.1, 0.15) is 0 Å². The minimum atomic E-state index is 0.00106. The third kappa shape index (κ3) is 1.76. The predicted molar refractivity (Wildman–Crippen MR) is 52.2 cm³/mol. The van der Waals surface area contributed by atoms with Gasteiger partial charge in [0, 0.05) is 29.3 Å². The van der Waals surface area contributed by atoms with Crippen LogP contribution in [0.2, 0.25) is 0 Å². The van der Waals surface area contributed by atoms with E-state index < -0.39 is 0 Å². The average Bonchev–Trinajstić information content (AvgIpc) is 2.06. The van der Waals surface area contributed by atoms with Crippen molar-refractivity contribution in [3.8, 4) is 0 Å². The number of nitrogens with two attached hydrogens (primary N) is 1. The molecule has 1 heterocycles. The highest BCUT2D eigenvalue weighted by molar-refractivity contribution is 9.10. The smallest absolute Gasteiger partial charge is 0.250 e. The van der Waals surface area contributed by atoms with Gasteiger partial charge in [-0.1, -0.05) is 0 Å². The van der Waals surface area contributed by atoms with Crippen molar-refractivity contribution >= 4 is 15.9 Å². The summed E-state index contributed by atoms with van der Waals surface area (Å²) in [4.78, 5) is 11.3. The van der Waals surface area contributed by atoms with Gasteiger partial charge in [-0.15, -0.1) is 0 Å². The van der Waals surface area contributed by atoms with Crippen LogP contribution in [-0.4, -0.2) is 11.1 Å². The number of halogens is 1. The lowest BCUT2D eigenvalue weighted by Crippen LogP contribution is -2.25. The molecule has 66 valence electrons. The van der Waals surface area contributed by atoms with E-state index in [-0.39, 0.29) is 5.56 Å². The van der Waals surface area contributed by atoms with Crippen molar-refractivity contribution in [2.45, 2.75) is 13.5 Å². The molecule has 0 saturated heterocycles. The van der Waals surface area contributed by atoms with E-state index in [0.29, 0.717) is 13.1 Å². The van der Waals surface area contributed by atoms with E-state index in [4.69, 9.17) is 5.73 Å². The molecule has 0 bridgehead atoms. The fourth-order valence-corrected chi connectivity index (χ4v) is 1.40. The van der Waals surface area contributed by atoms with Crippen molar-refractivity contribution in [1.82, 2.24) is 4.57 Å². The Bertz CT molecular complexity index is 332. The van der Waals surface area contributed by atoms with Crippen LogP contribution in [0.5, 0.6) is 0 Å². The summed E-state index contributed by atoms with van der Waals surface area (Å²) in [6, 6.07) is 3.29. The van der Waals surface area contributed by atoms with Gasteiger partial charge < -0.3 is 10.3 Å². The second kappa shape index (κ2) is 3.87. The molecular formula is C8H11BrN2O. The zero-order valence-corrected chi connectivity index (χ0v) is 8.47. The number of aromatic nitrogens is 1. The van der Waals surface area contributed by atoms with Gasteiger partial charge in [-0.3, -0.25) is 4.79 Å². The molecule has 0 unspecified atom stereocenters. The lowest BCUT2D eigenvalue weighted by molar-refractivity contribution is 0.657. The molecular weight excluding hydrogens is 220 g/mol. The Morgan fingerprint density at radius 3 is 2.83 bits per heavy atom. The third-order valence-corrected chi connectivity index (χ3v) is 2.58. The number of hydrogen-bond donors (Lipinski definition) is 1. The van der Waals surface area contributed by atoms with Crippen molar-refractivity contribution < 1.29 is 0 Å². The molecule has 1 rings (SSSR count). The predicted octanol–water partition coefficient (Wildman–Crippen LogP) is 0.878. The van der Waals surface area contributed by atoms with Crippen LogP contribution >= 0.6 is 15.9 Å². The third-order valence-electron chi connectivity index (χ3n) is 1.74. The van der Waals surface area contributed by atoms with E-state index in [9.17, 15) is 4.79 Å². The first-order chi connectivity index (χ1) is 5.66. The molecule has 2 N–H and O–H groups in total. The summed E-state index contributed by atoms with van der Waals surface area (Å²) in [5.74, 6) is 0. The molecule has 0 aromatic carbocycles. The van der Waals surface area contributed by atoms with Gasteiger partial charge in [-0.25, -0.2) is 0 Å². The normalized spacial score (nSPS) is 10.2. The van der Waals surface area contributed by atoms with Gasteiger partial charge in [-0.2, -0.15) is 0 Å². The Morgan fingerprint density at radius 1 is 1.58 bits per heavy atom. The van der Waals surface area contributed by atoms with Crippen LogP contribution in [0, 0.1) is 6.92 Å². The summed E-state index contributed by atoms with van der Waals surface area (Å²) in [6.07, 6.45) is 0. The summed E-state index contributed by atoms with van der Waals surface area (Å²) in [7, 11) is 0. The molecule has 3 nitrogen and oxygen atoms in total. The van der Waals surface area contributed by atoms with Crippen LogP contribution in [0.4, 0.5) is 0 Å². The number of rotatable bonds is 2. The summed E-state index contributed by atoms with van der Waals surface area (Å²) in [5.41, 5.74) is 6.30. The molecule has 0 spiro atoms. The van der Waals surface area contributed by atoms with Crippen LogP contribution in [0.15, 0.2) is 21.4 Å². The van der Waals surface area contributed by atoms with E-state index in [1.807, 2.05) is 6.92 Å². The monoisotopic (exact) mass is 230 g/mol. The quantitative estimate of drug-likeness (QED) is 0.821. The van der Waals surface area contributed by atoms with Crippen LogP contribution < -0.4 is 11.3 Å². The number of pyridine rings is 1. The van der Waals surface area contributed by atoms with Crippen molar-refractivity contribution in [2.75, 3.05) is 6.54 Å². The van der Waals surface area contributed by atoms with Gasteiger partial charge >= 0.3 is 0 Å². The molecule has 1 aromatic rings. The van der Waals surface area contributed by atoms with Gasteiger partial charge in [-0.05, 0) is 28.9 Å². The van der Waals surface area contributed by atoms with Crippen LogP contribution in [0.1, 0.15) is 5.69 Å². The summed E-state index contributed by atoms with van der Waals surface area (Å²) in [5, 5.41) is 0. The van der Waals surface area contributed by atoms with Crippen molar-refractivity contribution in [3.63, 3.8) is 0 Å². The first kappa shape index (κ1) is 9.48. The maximum Gasteiger partial charge on any atom is 0.250 e. The number of hydrogen-bond acceptors (Lipinski definition) is 2. The van der Waals surface area contributed by atoms with Crippen LogP contribution in [0.25, 0.3) is 0 Å². The van der Waals surface area contributed by atoms with Gasteiger partial charge in [0.2, 0.25) is 0 Å². The summed E-state index contributed by atoms with van der Waals surface area (Å²) in [6.45, 7) is 2.95. The average molecular weight is 231 g/mol. The summed E-state index contributed by atoms with van der Waals surface area (Å²) < 4.78 is 2.60. The van der Waals surface area contributed by atoms with Crippen molar-refractivity contribution in [1.29, 1.82) is 0 Å². The SMILES string of the molecule is Cc1c(Br)ccc(=O)n1CCN. The van der Waals surface area contributed by atoms with Gasteiger partial charge in [0.25, 0.3) is 5.56 Å². The lowest BCUT2D eigenvalue weighted by atomic mass is 10.3. The minimum absolute atomic E-state index is 0.00106. The molecule has 4 heteroatoms. The molecule has 0 aliphatic rings. The second-order valence-corrected chi connectivity index (χ2v) is 3.40. The van der Waals surface area contributed by atoms with E-state index >= 15 is 0 Å². The highest BCUT2D eigenvalue weighted by Crippen LogP contribution is 2.11. The topological polar surface area (TPSA) is 48.0 Å². The maximum absolute atomic E-state index is 11.3. The largest absolute Gasteiger partial charge is 0.329 e. The Balaban J connectivity index is 3.23. The molecule has 0 aliphatic heterocycles. The fourth-order valence-electron chi connectivity index (χ4n) is 1.06. The van der Waals surface area contributed by atoms with Crippen LogP contribution in [-0.2, 0) is 6.54 Å². The minimum Gasteiger partial charge on any atom is -0.329 e.